The number of benzene rings is 1. The smallest absolute Gasteiger partial charge is 0.0916 e. The van der Waals surface area contributed by atoms with Crippen LogP contribution in [0.2, 0.25) is 5.02 Å². The number of unbranched alkanes of at least 4 members (excludes halogenated alkanes) is 4. The molecule has 3 heteroatoms. The zero-order chi connectivity index (χ0) is 15.5. The molecule has 0 radical (unpaired) electrons. The van der Waals surface area contributed by atoms with Crippen molar-refractivity contribution in [3.8, 4) is 0 Å². The molecule has 0 aliphatic heterocycles. The first-order valence-corrected chi connectivity index (χ1v) is 8.71. The minimum Gasteiger partial charge on any atom is -0.387 e. The molecule has 0 heterocycles. The highest BCUT2D eigenvalue weighted by Crippen LogP contribution is 2.18. The monoisotopic (exact) mass is 311 g/mol. The largest absolute Gasteiger partial charge is 0.387 e. The Hall–Kier alpha value is -0.570. The molecule has 0 bridgehead atoms. The van der Waals surface area contributed by atoms with Crippen LogP contribution in [0.1, 0.15) is 64.0 Å². The van der Waals surface area contributed by atoms with Crippen LogP contribution in [0.4, 0.5) is 0 Å². The number of aliphatic hydroxyl groups is 1. The number of halogens is 1. The van der Waals surface area contributed by atoms with Gasteiger partial charge in [0.25, 0.3) is 0 Å². The Morgan fingerprint density at radius 3 is 1.95 bits per heavy atom. The van der Waals surface area contributed by atoms with E-state index in [1.54, 1.807) is 0 Å². The van der Waals surface area contributed by atoms with E-state index in [2.05, 4.69) is 18.7 Å². The first kappa shape index (κ1) is 18.5. The van der Waals surface area contributed by atoms with Crippen molar-refractivity contribution in [2.75, 3.05) is 19.6 Å². The van der Waals surface area contributed by atoms with Crippen molar-refractivity contribution < 1.29 is 5.11 Å². The predicted molar refractivity (Wildman–Crippen MR) is 91.9 cm³/mol. The minimum atomic E-state index is -0.425. The number of hydrogen-bond acceptors (Lipinski definition) is 2. The maximum atomic E-state index is 10.4. The lowest BCUT2D eigenvalue weighted by molar-refractivity contribution is 0.110. The van der Waals surface area contributed by atoms with Crippen molar-refractivity contribution in [2.45, 2.75) is 58.5 Å². The van der Waals surface area contributed by atoms with E-state index in [9.17, 15) is 5.11 Å². The van der Waals surface area contributed by atoms with Gasteiger partial charge in [-0.25, -0.2) is 0 Å². The molecular weight excluding hydrogens is 282 g/mol. The fourth-order valence-electron chi connectivity index (χ4n) is 2.50. The maximum absolute atomic E-state index is 10.4. The molecule has 2 nitrogen and oxygen atoms in total. The van der Waals surface area contributed by atoms with Gasteiger partial charge in [0.2, 0.25) is 0 Å². The molecule has 0 aliphatic carbocycles. The quantitative estimate of drug-likeness (QED) is 0.578. The second-order valence-corrected chi connectivity index (χ2v) is 6.22. The topological polar surface area (TPSA) is 23.5 Å². The van der Waals surface area contributed by atoms with Crippen LogP contribution in [0.15, 0.2) is 24.3 Å². The third kappa shape index (κ3) is 7.85. The second kappa shape index (κ2) is 11.1. The van der Waals surface area contributed by atoms with Gasteiger partial charge in [-0.3, -0.25) is 0 Å². The first-order chi connectivity index (χ1) is 10.2. The number of nitrogens with zero attached hydrogens (tertiary/aromatic N) is 1. The van der Waals surface area contributed by atoms with Crippen LogP contribution in [0.25, 0.3) is 0 Å². The molecule has 0 fully saturated rings. The predicted octanol–water partition coefficient (Wildman–Crippen LogP) is 5.06. The lowest BCUT2D eigenvalue weighted by atomic mass is 10.1. The molecule has 120 valence electrons. The molecule has 0 saturated carbocycles. The van der Waals surface area contributed by atoms with Crippen molar-refractivity contribution >= 4 is 11.6 Å². The maximum Gasteiger partial charge on any atom is 0.0916 e. The van der Waals surface area contributed by atoms with Gasteiger partial charge in [-0.2, -0.15) is 0 Å². The van der Waals surface area contributed by atoms with Crippen molar-refractivity contribution in [3.05, 3.63) is 34.9 Å². The highest BCUT2D eigenvalue weighted by atomic mass is 35.5. The van der Waals surface area contributed by atoms with Gasteiger partial charge in [0, 0.05) is 11.6 Å². The molecule has 0 spiro atoms. The molecule has 21 heavy (non-hydrogen) atoms. The summed E-state index contributed by atoms with van der Waals surface area (Å²) in [7, 11) is 0. The summed E-state index contributed by atoms with van der Waals surface area (Å²) in [4.78, 5) is 2.41. The Morgan fingerprint density at radius 1 is 0.952 bits per heavy atom. The van der Waals surface area contributed by atoms with Gasteiger partial charge in [0.15, 0.2) is 0 Å². The van der Waals surface area contributed by atoms with Gasteiger partial charge in [-0.15, -0.1) is 0 Å². The molecule has 1 aromatic carbocycles. The van der Waals surface area contributed by atoms with E-state index in [1.165, 1.54) is 38.5 Å². The zero-order valence-corrected chi connectivity index (χ0v) is 14.3. The van der Waals surface area contributed by atoms with Crippen LogP contribution in [0, 0.1) is 0 Å². The average Bonchev–Trinajstić information content (AvgIpc) is 2.48. The van der Waals surface area contributed by atoms with E-state index in [1.807, 2.05) is 24.3 Å². The van der Waals surface area contributed by atoms with Crippen molar-refractivity contribution in [1.29, 1.82) is 0 Å². The molecule has 0 aromatic heterocycles. The Labute approximate surface area is 135 Å². The molecule has 1 N–H and O–H groups in total. The van der Waals surface area contributed by atoms with Crippen LogP contribution < -0.4 is 0 Å². The average molecular weight is 312 g/mol. The number of rotatable bonds is 11. The Morgan fingerprint density at radius 2 is 1.48 bits per heavy atom. The first-order valence-electron chi connectivity index (χ1n) is 8.33. The highest BCUT2D eigenvalue weighted by molar-refractivity contribution is 6.30. The Bertz CT molecular complexity index is 356. The molecular formula is C18H30ClNO. The number of aliphatic hydroxyl groups excluding tert-OH is 1. The van der Waals surface area contributed by atoms with Crippen LogP contribution in [0.5, 0.6) is 0 Å². The molecule has 1 aromatic rings. The lowest BCUT2D eigenvalue weighted by Crippen LogP contribution is -2.30. The molecule has 0 aliphatic rings. The molecule has 0 amide bonds. The highest BCUT2D eigenvalue weighted by Gasteiger charge is 2.13. The van der Waals surface area contributed by atoms with E-state index >= 15 is 0 Å². The normalized spacial score (nSPS) is 12.8. The van der Waals surface area contributed by atoms with E-state index in [0.717, 1.165) is 25.2 Å². The lowest BCUT2D eigenvalue weighted by Gasteiger charge is -2.25. The molecule has 0 unspecified atom stereocenters. The van der Waals surface area contributed by atoms with Crippen LogP contribution in [0.3, 0.4) is 0 Å². The van der Waals surface area contributed by atoms with Gasteiger partial charge in [-0.1, -0.05) is 63.3 Å². The Kier molecular flexibility index (Phi) is 9.73. The zero-order valence-electron chi connectivity index (χ0n) is 13.5. The fraction of sp³-hybridized carbons (Fsp3) is 0.667. The van der Waals surface area contributed by atoms with Crippen LogP contribution >= 0.6 is 11.6 Å². The molecule has 0 saturated heterocycles. The summed E-state index contributed by atoms with van der Waals surface area (Å²) in [6.45, 7) is 7.34. The van der Waals surface area contributed by atoms with E-state index in [0.29, 0.717) is 5.02 Å². The summed E-state index contributed by atoms with van der Waals surface area (Å²) in [6.07, 6.45) is 7.02. The van der Waals surface area contributed by atoms with Crippen molar-refractivity contribution in [3.63, 3.8) is 0 Å². The minimum absolute atomic E-state index is 0.425. The van der Waals surface area contributed by atoms with Crippen LogP contribution in [-0.4, -0.2) is 29.6 Å². The van der Waals surface area contributed by atoms with Gasteiger partial charge < -0.3 is 10.0 Å². The SMILES string of the molecule is CCCCCN(CCCCC)C[C@H](O)c1ccc(Cl)cc1. The van der Waals surface area contributed by atoms with Gasteiger partial charge in [0.05, 0.1) is 6.10 Å². The van der Waals surface area contributed by atoms with Gasteiger partial charge >= 0.3 is 0 Å². The van der Waals surface area contributed by atoms with Crippen molar-refractivity contribution in [2.24, 2.45) is 0 Å². The van der Waals surface area contributed by atoms with Crippen molar-refractivity contribution in [1.82, 2.24) is 4.90 Å². The Balaban J connectivity index is 2.49. The van der Waals surface area contributed by atoms with E-state index < -0.39 is 6.10 Å². The van der Waals surface area contributed by atoms with E-state index in [-0.39, 0.29) is 0 Å². The third-order valence-electron chi connectivity index (χ3n) is 3.84. The molecule has 1 rings (SSSR count). The summed E-state index contributed by atoms with van der Waals surface area (Å²) in [6, 6.07) is 7.53. The summed E-state index contributed by atoms with van der Waals surface area (Å²) in [5.41, 5.74) is 0.954. The number of hydrogen-bond donors (Lipinski definition) is 1. The van der Waals surface area contributed by atoms with Gasteiger partial charge in [-0.05, 0) is 43.6 Å². The standard InChI is InChI=1S/C18H30ClNO/c1-3-5-7-13-20(14-8-6-4-2)15-18(21)16-9-11-17(19)12-10-16/h9-12,18,21H,3-8,13-15H2,1-2H3/t18-/m0/s1. The second-order valence-electron chi connectivity index (χ2n) is 5.78. The van der Waals surface area contributed by atoms with Gasteiger partial charge in [0.1, 0.15) is 0 Å². The third-order valence-corrected chi connectivity index (χ3v) is 4.09. The van der Waals surface area contributed by atoms with E-state index in [4.69, 9.17) is 11.6 Å². The summed E-state index contributed by atoms with van der Waals surface area (Å²) in [5.74, 6) is 0. The van der Waals surface area contributed by atoms with Crippen LogP contribution in [-0.2, 0) is 0 Å². The fourth-order valence-corrected chi connectivity index (χ4v) is 2.63. The summed E-state index contributed by atoms with van der Waals surface area (Å²) in [5, 5.41) is 11.1. The summed E-state index contributed by atoms with van der Waals surface area (Å²) < 4.78 is 0. The molecule has 1 atom stereocenters. The summed E-state index contributed by atoms with van der Waals surface area (Å²) >= 11 is 5.90.